The smallest absolute Gasteiger partial charge is 0.407 e. The molecule has 8 heteroatoms. The molecule has 4 rings (SSSR count). The third kappa shape index (κ3) is 5.01. The van der Waals surface area contributed by atoms with Gasteiger partial charge in [0.25, 0.3) is 5.91 Å². The molecule has 0 spiro atoms. The van der Waals surface area contributed by atoms with Gasteiger partial charge in [-0.1, -0.05) is 62.4 Å². The van der Waals surface area contributed by atoms with E-state index >= 15 is 0 Å². The lowest BCUT2D eigenvalue weighted by molar-refractivity contribution is -0.163. The standard InChI is InChI=1S/C25H28N2O6/c1-14(2)21(23(28)27-33-22(24(29)30)15-11-12-15)26-25(31)32-13-20-18-9-5-3-7-16(18)17-8-4-6-10-19(17)20/h3-10,14-15,20-22H,11-13H2,1-2H3,(H,26,31)(H,27,28)(H,29,30)/t21-,22?/m0/s1. The molecule has 8 nitrogen and oxygen atoms in total. The number of fused-ring (bicyclic) bond motifs is 3. The zero-order valence-corrected chi connectivity index (χ0v) is 18.6. The molecule has 2 atom stereocenters. The second kappa shape index (κ2) is 9.62. The van der Waals surface area contributed by atoms with Gasteiger partial charge in [0, 0.05) is 5.92 Å². The Morgan fingerprint density at radius 2 is 1.58 bits per heavy atom. The first kappa shape index (κ1) is 22.8. The average Bonchev–Trinajstić information content (AvgIpc) is 3.58. The van der Waals surface area contributed by atoms with Crippen LogP contribution in [0.15, 0.2) is 48.5 Å². The van der Waals surface area contributed by atoms with Gasteiger partial charge in [0.15, 0.2) is 6.10 Å². The molecular weight excluding hydrogens is 424 g/mol. The Morgan fingerprint density at radius 1 is 1.00 bits per heavy atom. The highest BCUT2D eigenvalue weighted by molar-refractivity contribution is 5.85. The molecule has 2 aromatic carbocycles. The molecular formula is C25H28N2O6. The Balaban J connectivity index is 1.36. The Hall–Kier alpha value is -3.39. The number of ether oxygens (including phenoxy) is 1. The number of amides is 2. The van der Waals surface area contributed by atoms with E-state index < -0.39 is 30.1 Å². The van der Waals surface area contributed by atoms with E-state index in [1.165, 1.54) is 0 Å². The van der Waals surface area contributed by atoms with Crippen molar-refractivity contribution in [1.29, 1.82) is 0 Å². The van der Waals surface area contributed by atoms with Crippen molar-refractivity contribution in [2.45, 2.75) is 44.8 Å². The fourth-order valence-electron chi connectivity index (χ4n) is 4.23. The molecule has 0 heterocycles. The highest BCUT2D eigenvalue weighted by Gasteiger charge is 2.39. The van der Waals surface area contributed by atoms with Crippen LogP contribution in [0.3, 0.4) is 0 Å². The molecule has 3 N–H and O–H groups in total. The lowest BCUT2D eigenvalue weighted by Gasteiger charge is -2.23. The first-order valence-corrected chi connectivity index (χ1v) is 11.2. The van der Waals surface area contributed by atoms with Crippen LogP contribution in [0.1, 0.15) is 43.7 Å². The Kier molecular flexibility index (Phi) is 6.65. The van der Waals surface area contributed by atoms with E-state index in [0.29, 0.717) is 0 Å². The zero-order valence-electron chi connectivity index (χ0n) is 18.6. The van der Waals surface area contributed by atoms with Crippen LogP contribution in [0.2, 0.25) is 0 Å². The van der Waals surface area contributed by atoms with Crippen molar-refractivity contribution < 1.29 is 29.1 Å². The number of carbonyl (C=O) groups is 3. The summed E-state index contributed by atoms with van der Waals surface area (Å²) in [4.78, 5) is 41.6. The van der Waals surface area contributed by atoms with Crippen molar-refractivity contribution in [3.05, 3.63) is 59.7 Å². The molecule has 2 aliphatic carbocycles. The minimum Gasteiger partial charge on any atom is -0.479 e. The maximum Gasteiger partial charge on any atom is 0.407 e. The van der Waals surface area contributed by atoms with Gasteiger partial charge < -0.3 is 15.2 Å². The van der Waals surface area contributed by atoms with Crippen molar-refractivity contribution in [3.63, 3.8) is 0 Å². The number of benzene rings is 2. The van der Waals surface area contributed by atoms with Gasteiger partial charge in [-0.25, -0.2) is 15.1 Å². The van der Waals surface area contributed by atoms with Crippen molar-refractivity contribution in [3.8, 4) is 11.1 Å². The van der Waals surface area contributed by atoms with Gasteiger partial charge >= 0.3 is 12.1 Å². The van der Waals surface area contributed by atoms with E-state index in [1.54, 1.807) is 13.8 Å². The van der Waals surface area contributed by atoms with Crippen molar-refractivity contribution in [1.82, 2.24) is 10.8 Å². The number of hydroxylamine groups is 1. The first-order valence-electron chi connectivity index (χ1n) is 11.2. The van der Waals surface area contributed by atoms with E-state index in [-0.39, 0.29) is 24.4 Å². The molecule has 0 aromatic heterocycles. The van der Waals surface area contributed by atoms with Gasteiger partial charge in [0.05, 0.1) is 0 Å². The number of carboxylic acids is 1. The van der Waals surface area contributed by atoms with E-state index in [1.807, 2.05) is 36.4 Å². The van der Waals surface area contributed by atoms with Crippen molar-refractivity contribution in [2.24, 2.45) is 11.8 Å². The first-order chi connectivity index (χ1) is 15.9. The Morgan fingerprint density at radius 3 is 2.09 bits per heavy atom. The quantitative estimate of drug-likeness (QED) is 0.502. The highest BCUT2D eigenvalue weighted by atomic mass is 16.7. The third-order valence-corrected chi connectivity index (χ3v) is 6.15. The summed E-state index contributed by atoms with van der Waals surface area (Å²) in [7, 11) is 0. The summed E-state index contributed by atoms with van der Waals surface area (Å²) in [5.41, 5.74) is 6.65. The predicted octanol–water partition coefficient (Wildman–Crippen LogP) is 3.46. The minimum absolute atomic E-state index is 0.0901. The number of rotatable bonds is 9. The molecule has 0 bridgehead atoms. The second-order valence-corrected chi connectivity index (χ2v) is 8.87. The summed E-state index contributed by atoms with van der Waals surface area (Å²) in [5, 5.41) is 11.8. The maximum absolute atomic E-state index is 12.6. The summed E-state index contributed by atoms with van der Waals surface area (Å²) in [6, 6.07) is 15.1. The van der Waals surface area contributed by atoms with Gasteiger partial charge in [-0.15, -0.1) is 0 Å². The SMILES string of the molecule is CC(C)[C@H](NC(=O)OCC1c2ccccc2-c2ccccc21)C(=O)NOC(C(=O)O)C1CC1. The molecule has 2 aromatic rings. The van der Waals surface area contributed by atoms with Gasteiger partial charge in [-0.2, -0.15) is 0 Å². The lowest BCUT2D eigenvalue weighted by atomic mass is 9.98. The number of nitrogens with one attached hydrogen (secondary N) is 2. The molecule has 0 saturated heterocycles. The average molecular weight is 453 g/mol. The number of carboxylic acid groups (broad SMARTS) is 1. The van der Waals surface area contributed by atoms with E-state index in [0.717, 1.165) is 35.1 Å². The fraction of sp³-hybridized carbons (Fsp3) is 0.400. The van der Waals surface area contributed by atoms with Crippen LogP contribution in [-0.4, -0.2) is 41.8 Å². The fourth-order valence-corrected chi connectivity index (χ4v) is 4.23. The van der Waals surface area contributed by atoms with Crippen LogP contribution in [0, 0.1) is 11.8 Å². The van der Waals surface area contributed by atoms with Gasteiger partial charge in [0.2, 0.25) is 0 Å². The van der Waals surface area contributed by atoms with Crippen molar-refractivity contribution >= 4 is 18.0 Å². The highest BCUT2D eigenvalue weighted by Crippen LogP contribution is 2.44. The minimum atomic E-state index is -1.12. The molecule has 33 heavy (non-hydrogen) atoms. The molecule has 174 valence electrons. The predicted molar refractivity (Wildman–Crippen MR) is 120 cm³/mol. The van der Waals surface area contributed by atoms with Gasteiger partial charge in [0.1, 0.15) is 12.6 Å². The van der Waals surface area contributed by atoms with E-state index in [4.69, 9.17) is 9.57 Å². The van der Waals surface area contributed by atoms with E-state index in [9.17, 15) is 19.5 Å². The monoisotopic (exact) mass is 452 g/mol. The topological polar surface area (TPSA) is 114 Å². The Bertz CT molecular complexity index is 1000. The van der Waals surface area contributed by atoms with Crippen LogP contribution in [-0.2, 0) is 19.2 Å². The van der Waals surface area contributed by atoms with Crippen molar-refractivity contribution in [2.75, 3.05) is 6.61 Å². The Labute approximate surface area is 192 Å². The summed E-state index contributed by atoms with van der Waals surface area (Å²) in [6.07, 6.45) is -0.310. The summed E-state index contributed by atoms with van der Waals surface area (Å²) in [6.45, 7) is 3.67. The molecule has 1 fully saturated rings. The molecule has 0 radical (unpaired) electrons. The number of carbonyl (C=O) groups excluding carboxylic acids is 2. The molecule has 2 amide bonds. The molecule has 1 unspecified atom stereocenters. The number of hydrogen-bond acceptors (Lipinski definition) is 5. The number of alkyl carbamates (subject to hydrolysis) is 1. The van der Waals surface area contributed by atoms with Crippen LogP contribution < -0.4 is 10.8 Å². The lowest BCUT2D eigenvalue weighted by Crippen LogP contribution is -2.51. The number of aliphatic carboxylic acids is 1. The normalized spacial score (nSPS) is 16.5. The zero-order chi connectivity index (χ0) is 23.5. The van der Waals surface area contributed by atoms with Crippen LogP contribution in [0.25, 0.3) is 11.1 Å². The van der Waals surface area contributed by atoms with Gasteiger partial charge in [-0.3, -0.25) is 9.63 Å². The van der Waals surface area contributed by atoms with Crippen LogP contribution in [0.4, 0.5) is 4.79 Å². The van der Waals surface area contributed by atoms with E-state index in [2.05, 4.69) is 22.9 Å². The summed E-state index contributed by atoms with van der Waals surface area (Å²) >= 11 is 0. The second-order valence-electron chi connectivity index (χ2n) is 8.87. The van der Waals surface area contributed by atoms with Crippen LogP contribution in [0.5, 0.6) is 0 Å². The summed E-state index contributed by atoms with van der Waals surface area (Å²) < 4.78 is 5.52. The van der Waals surface area contributed by atoms with Crippen LogP contribution >= 0.6 is 0 Å². The largest absolute Gasteiger partial charge is 0.479 e. The molecule has 2 aliphatic rings. The summed E-state index contributed by atoms with van der Waals surface area (Å²) in [5.74, 6) is -2.20. The molecule has 1 saturated carbocycles. The third-order valence-electron chi connectivity index (χ3n) is 6.15. The number of hydrogen-bond donors (Lipinski definition) is 3. The maximum atomic E-state index is 12.6. The van der Waals surface area contributed by atoms with Gasteiger partial charge in [-0.05, 0) is 46.9 Å². The molecule has 0 aliphatic heterocycles.